The van der Waals surface area contributed by atoms with Gasteiger partial charge in [0.05, 0.1) is 12.4 Å². The molecule has 136 valence electrons. The van der Waals surface area contributed by atoms with Gasteiger partial charge >= 0.3 is 0 Å². The molecule has 7 heteroatoms. The maximum atomic E-state index is 4.27. The molecule has 1 fully saturated rings. The average Bonchev–Trinajstić information content (AvgIpc) is 3.11. The lowest BCUT2D eigenvalue weighted by molar-refractivity contribution is 0.248. The van der Waals surface area contributed by atoms with Gasteiger partial charge in [-0.1, -0.05) is 37.6 Å². The summed E-state index contributed by atoms with van der Waals surface area (Å²) in [6, 6.07) is 6.85. The van der Waals surface area contributed by atoms with Crippen LogP contribution in [0.4, 0.5) is 5.82 Å². The Labute approximate surface area is 153 Å². The number of aryl methyl sites for hydroxylation is 1. The highest BCUT2D eigenvalue weighted by Crippen LogP contribution is 2.23. The molecule has 3 heterocycles. The summed E-state index contributed by atoms with van der Waals surface area (Å²) in [6.07, 6.45) is 3.53. The molecule has 3 aromatic rings. The second kappa shape index (κ2) is 6.99. The van der Waals surface area contributed by atoms with Crippen molar-refractivity contribution in [3.8, 4) is 0 Å². The van der Waals surface area contributed by atoms with Crippen molar-refractivity contribution in [3.63, 3.8) is 0 Å². The van der Waals surface area contributed by atoms with Gasteiger partial charge < -0.3 is 4.90 Å². The van der Waals surface area contributed by atoms with E-state index in [4.69, 9.17) is 0 Å². The van der Waals surface area contributed by atoms with Crippen molar-refractivity contribution < 1.29 is 0 Å². The Morgan fingerprint density at radius 2 is 1.88 bits per heavy atom. The van der Waals surface area contributed by atoms with Gasteiger partial charge in [-0.15, -0.1) is 5.10 Å². The zero-order chi connectivity index (χ0) is 18.1. The van der Waals surface area contributed by atoms with Crippen LogP contribution in [-0.2, 0) is 6.54 Å². The van der Waals surface area contributed by atoms with Crippen molar-refractivity contribution in [2.75, 3.05) is 31.1 Å². The molecule has 0 saturated carbocycles. The van der Waals surface area contributed by atoms with Crippen molar-refractivity contribution in [2.24, 2.45) is 0 Å². The van der Waals surface area contributed by atoms with Crippen LogP contribution in [0.25, 0.3) is 5.65 Å². The fraction of sp³-hybridized carbons (Fsp3) is 0.474. The monoisotopic (exact) mass is 351 g/mol. The van der Waals surface area contributed by atoms with Crippen LogP contribution in [0.15, 0.2) is 30.6 Å². The number of benzene rings is 1. The molecule has 0 aliphatic carbocycles. The number of piperazine rings is 1. The molecule has 4 rings (SSSR count). The van der Waals surface area contributed by atoms with Gasteiger partial charge in [-0.05, 0) is 34.4 Å². The topological polar surface area (TPSA) is 62.5 Å². The quantitative estimate of drug-likeness (QED) is 0.719. The predicted octanol–water partition coefficient (Wildman–Crippen LogP) is 2.27. The van der Waals surface area contributed by atoms with E-state index < -0.39 is 0 Å². The lowest BCUT2D eigenvalue weighted by Gasteiger charge is -2.36. The van der Waals surface area contributed by atoms with Crippen LogP contribution in [0.2, 0.25) is 0 Å². The molecule has 0 radical (unpaired) electrons. The largest absolute Gasteiger partial charge is 0.353 e. The fourth-order valence-electron chi connectivity index (χ4n) is 3.69. The van der Waals surface area contributed by atoms with E-state index >= 15 is 0 Å². The molecule has 1 aromatic carbocycles. The smallest absolute Gasteiger partial charge is 0.199 e. The van der Waals surface area contributed by atoms with Crippen LogP contribution < -0.4 is 4.90 Å². The molecule has 1 aliphatic heterocycles. The standard InChI is InChI=1S/C19H25N7/c1-14(2)17-5-4-15(3)10-16(17)13-24-6-8-25(9-7-24)19-12-20-11-18-21-22-23-26(18)19/h4-5,10-12,14H,6-9,13H2,1-3H3. The number of tetrazole rings is 1. The van der Waals surface area contributed by atoms with Crippen molar-refractivity contribution in [1.82, 2.24) is 29.9 Å². The van der Waals surface area contributed by atoms with Crippen LogP contribution in [0.1, 0.15) is 36.5 Å². The number of anilines is 1. The van der Waals surface area contributed by atoms with Gasteiger partial charge in [-0.3, -0.25) is 9.88 Å². The molecule has 0 bridgehead atoms. The SMILES string of the molecule is Cc1ccc(C(C)C)c(CN2CCN(c3cncc4nnnn34)CC2)c1. The van der Waals surface area contributed by atoms with Crippen LogP contribution >= 0.6 is 0 Å². The van der Waals surface area contributed by atoms with E-state index in [0.29, 0.717) is 11.6 Å². The van der Waals surface area contributed by atoms with Gasteiger partial charge in [0.2, 0.25) is 0 Å². The Balaban J connectivity index is 1.46. The summed E-state index contributed by atoms with van der Waals surface area (Å²) in [5.41, 5.74) is 4.93. The van der Waals surface area contributed by atoms with E-state index in [1.54, 1.807) is 10.7 Å². The number of aromatic nitrogens is 5. The van der Waals surface area contributed by atoms with Gasteiger partial charge in [0.25, 0.3) is 0 Å². The molecule has 1 saturated heterocycles. The number of rotatable bonds is 4. The van der Waals surface area contributed by atoms with Crippen LogP contribution in [-0.4, -0.2) is 56.1 Å². The lowest BCUT2D eigenvalue weighted by Crippen LogP contribution is -2.46. The number of hydrogen-bond donors (Lipinski definition) is 0. The summed E-state index contributed by atoms with van der Waals surface area (Å²) < 4.78 is 1.76. The first kappa shape index (κ1) is 16.9. The van der Waals surface area contributed by atoms with Crippen LogP contribution in [0.5, 0.6) is 0 Å². The Kier molecular flexibility index (Phi) is 4.55. The highest BCUT2D eigenvalue weighted by Gasteiger charge is 2.21. The molecule has 0 atom stereocenters. The molecule has 0 unspecified atom stereocenters. The van der Waals surface area contributed by atoms with Crippen LogP contribution in [0.3, 0.4) is 0 Å². The zero-order valence-electron chi connectivity index (χ0n) is 15.6. The van der Waals surface area contributed by atoms with Gasteiger partial charge in [0.1, 0.15) is 0 Å². The third-order valence-corrected chi connectivity index (χ3v) is 5.10. The summed E-state index contributed by atoms with van der Waals surface area (Å²) in [5, 5.41) is 11.8. The molecule has 26 heavy (non-hydrogen) atoms. The maximum absolute atomic E-state index is 4.27. The molecular weight excluding hydrogens is 326 g/mol. The van der Waals surface area contributed by atoms with E-state index in [1.807, 2.05) is 6.20 Å². The normalized spacial score (nSPS) is 15.9. The lowest BCUT2D eigenvalue weighted by atomic mass is 9.95. The Morgan fingerprint density at radius 3 is 2.65 bits per heavy atom. The Hall–Kier alpha value is -2.54. The average molecular weight is 351 g/mol. The highest BCUT2D eigenvalue weighted by molar-refractivity contribution is 5.46. The molecule has 7 nitrogen and oxygen atoms in total. The minimum Gasteiger partial charge on any atom is -0.353 e. The number of hydrogen-bond acceptors (Lipinski definition) is 6. The van der Waals surface area contributed by atoms with Gasteiger partial charge in [-0.25, -0.2) is 0 Å². The minimum absolute atomic E-state index is 0.551. The Bertz CT molecular complexity index is 894. The number of nitrogens with zero attached hydrogens (tertiary/aromatic N) is 7. The van der Waals surface area contributed by atoms with E-state index in [1.165, 1.54) is 16.7 Å². The number of fused-ring (bicyclic) bond motifs is 1. The molecular formula is C19H25N7. The first-order valence-electron chi connectivity index (χ1n) is 9.20. The van der Waals surface area contributed by atoms with Gasteiger partial charge in [0.15, 0.2) is 11.5 Å². The second-order valence-corrected chi connectivity index (χ2v) is 7.33. The predicted molar refractivity (Wildman–Crippen MR) is 101 cm³/mol. The fourth-order valence-corrected chi connectivity index (χ4v) is 3.69. The van der Waals surface area contributed by atoms with Gasteiger partial charge in [0, 0.05) is 32.7 Å². The molecule has 0 N–H and O–H groups in total. The van der Waals surface area contributed by atoms with Crippen LogP contribution in [0, 0.1) is 6.92 Å². The molecule has 1 aliphatic rings. The van der Waals surface area contributed by atoms with E-state index in [-0.39, 0.29) is 0 Å². The minimum atomic E-state index is 0.551. The third kappa shape index (κ3) is 3.26. The summed E-state index contributed by atoms with van der Waals surface area (Å²) in [7, 11) is 0. The Morgan fingerprint density at radius 1 is 1.08 bits per heavy atom. The van der Waals surface area contributed by atoms with Crippen molar-refractivity contribution in [2.45, 2.75) is 33.2 Å². The van der Waals surface area contributed by atoms with Gasteiger partial charge in [-0.2, -0.15) is 4.52 Å². The molecule has 0 spiro atoms. The van der Waals surface area contributed by atoms with Crippen molar-refractivity contribution in [3.05, 3.63) is 47.3 Å². The summed E-state index contributed by atoms with van der Waals surface area (Å²) in [6.45, 7) is 11.7. The first-order valence-corrected chi connectivity index (χ1v) is 9.20. The highest BCUT2D eigenvalue weighted by atomic mass is 15.5. The molecule has 0 amide bonds. The van der Waals surface area contributed by atoms with Crippen molar-refractivity contribution >= 4 is 11.5 Å². The summed E-state index contributed by atoms with van der Waals surface area (Å²) >= 11 is 0. The van der Waals surface area contributed by atoms with E-state index in [0.717, 1.165) is 38.5 Å². The molecule has 2 aromatic heterocycles. The third-order valence-electron chi connectivity index (χ3n) is 5.10. The van der Waals surface area contributed by atoms with E-state index in [2.05, 4.69) is 69.3 Å². The second-order valence-electron chi connectivity index (χ2n) is 7.33. The maximum Gasteiger partial charge on any atom is 0.199 e. The first-order chi connectivity index (χ1) is 12.6. The van der Waals surface area contributed by atoms with Crippen molar-refractivity contribution in [1.29, 1.82) is 0 Å². The summed E-state index contributed by atoms with van der Waals surface area (Å²) in [4.78, 5) is 9.11. The zero-order valence-corrected chi connectivity index (χ0v) is 15.6. The summed E-state index contributed by atoms with van der Waals surface area (Å²) in [5.74, 6) is 1.51. The van der Waals surface area contributed by atoms with E-state index in [9.17, 15) is 0 Å².